The van der Waals surface area contributed by atoms with Gasteiger partial charge in [-0.25, -0.2) is 16.8 Å². The van der Waals surface area contributed by atoms with Gasteiger partial charge in [0, 0.05) is 36.4 Å². The Morgan fingerprint density at radius 2 is 1.49 bits per heavy atom. The minimum Gasteiger partial charge on any atom is -0.325 e. The first-order chi connectivity index (χ1) is 17.5. The number of carbonyl (C=O) groups is 2. The molecule has 3 aromatic carbocycles. The average molecular weight is 541 g/mol. The van der Waals surface area contributed by atoms with E-state index in [4.69, 9.17) is 0 Å². The van der Waals surface area contributed by atoms with Crippen molar-refractivity contribution in [2.45, 2.75) is 29.6 Å². The smallest absolute Gasteiger partial charge is 0.243 e. The fraction of sp³-hybridized carbons (Fsp3) is 0.259. The van der Waals surface area contributed by atoms with Crippen molar-refractivity contribution in [1.29, 1.82) is 0 Å². The Balaban J connectivity index is 1.46. The lowest BCUT2D eigenvalue weighted by atomic mass is 9.96. The third-order valence-electron chi connectivity index (χ3n) is 6.41. The van der Waals surface area contributed by atoms with E-state index in [1.54, 1.807) is 36.4 Å². The van der Waals surface area contributed by atoms with Crippen molar-refractivity contribution in [2.24, 2.45) is 5.92 Å². The highest BCUT2D eigenvalue weighted by Gasteiger charge is 2.33. The number of sulfone groups is 1. The molecule has 4 rings (SSSR count). The van der Waals surface area contributed by atoms with Crippen molar-refractivity contribution in [1.82, 2.24) is 4.31 Å². The first-order valence-corrected chi connectivity index (χ1v) is 15.1. The summed E-state index contributed by atoms with van der Waals surface area (Å²) < 4.78 is 51.2. The van der Waals surface area contributed by atoms with Crippen LogP contribution in [0.1, 0.15) is 34.3 Å². The Morgan fingerprint density at radius 1 is 0.838 bits per heavy atom. The summed E-state index contributed by atoms with van der Waals surface area (Å²) in [5.74, 6) is -0.909. The summed E-state index contributed by atoms with van der Waals surface area (Å²) >= 11 is 0. The molecule has 1 heterocycles. The number of nitrogens with one attached hydrogen (secondary N) is 1. The van der Waals surface area contributed by atoms with Crippen LogP contribution in [-0.2, 0) is 24.7 Å². The number of benzene rings is 3. The van der Waals surface area contributed by atoms with Gasteiger partial charge in [0.1, 0.15) is 0 Å². The van der Waals surface area contributed by atoms with Gasteiger partial charge >= 0.3 is 0 Å². The molecule has 10 heteroatoms. The Morgan fingerprint density at radius 3 is 2.14 bits per heavy atom. The molecule has 37 heavy (non-hydrogen) atoms. The SMILES string of the molecule is Cc1ccc(NC(=O)C2CCN(S(=O)(=O)c3cccc(S(C)(=O)=O)c3)CC2)c(C(=O)c2ccccc2)c1. The van der Waals surface area contributed by atoms with Crippen molar-refractivity contribution in [3.63, 3.8) is 0 Å². The van der Waals surface area contributed by atoms with Crippen LogP contribution in [0.4, 0.5) is 5.69 Å². The lowest BCUT2D eigenvalue weighted by Gasteiger charge is -2.30. The number of piperidine rings is 1. The molecule has 0 unspecified atom stereocenters. The quantitative estimate of drug-likeness (QED) is 0.457. The average Bonchev–Trinajstić information content (AvgIpc) is 2.89. The van der Waals surface area contributed by atoms with E-state index < -0.39 is 25.8 Å². The standard InChI is InChI=1S/C27H28N2O6S2/c1-19-11-12-25(24(17-19)26(30)20-7-4-3-5-8-20)28-27(31)21-13-15-29(16-14-21)37(34,35)23-10-6-9-22(18-23)36(2,32)33/h3-12,17-18,21H,13-16H2,1-2H3,(H,28,31). The van der Waals surface area contributed by atoms with Crippen LogP contribution in [0, 0.1) is 12.8 Å². The number of rotatable bonds is 7. The molecular weight excluding hydrogens is 512 g/mol. The maximum absolute atomic E-state index is 13.1. The molecule has 1 amide bonds. The topological polar surface area (TPSA) is 118 Å². The highest BCUT2D eigenvalue weighted by Crippen LogP contribution is 2.27. The monoisotopic (exact) mass is 540 g/mol. The molecule has 194 valence electrons. The highest BCUT2D eigenvalue weighted by atomic mass is 32.2. The summed E-state index contributed by atoms with van der Waals surface area (Å²) in [6.07, 6.45) is 1.62. The van der Waals surface area contributed by atoms with Crippen molar-refractivity contribution >= 4 is 37.2 Å². The molecule has 0 radical (unpaired) electrons. The second-order valence-corrected chi connectivity index (χ2v) is 13.1. The van der Waals surface area contributed by atoms with Crippen LogP contribution in [0.5, 0.6) is 0 Å². The second kappa shape index (κ2) is 10.6. The van der Waals surface area contributed by atoms with Crippen molar-refractivity contribution < 1.29 is 26.4 Å². The van der Waals surface area contributed by atoms with Crippen LogP contribution < -0.4 is 5.32 Å². The van der Waals surface area contributed by atoms with Crippen LogP contribution in [0.2, 0.25) is 0 Å². The van der Waals surface area contributed by atoms with Gasteiger partial charge < -0.3 is 5.32 Å². The van der Waals surface area contributed by atoms with Crippen LogP contribution in [0.3, 0.4) is 0 Å². The fourth-order valence-corrected chi connectivity index (χ4v) is 6.57. The highest BCUT2D eigenvalue weighted by molar-refractivity contribution is 7.91. The molecular formula is C27H28N2O6S2. The lowest BCUT2D eigenvalue weighted by molar-refractivity contribution is -0.120. The Hall–Kier alpha value is -3.34. The van der Waals surface area contributed by atoms with Gasteiger partial charge in [-0.2, -0.15) is 4.31 Å². The summed E-state index contributed by atoms with van der Waals surface area (Å²) in [6, 6.07) is 19.4. The third-order valence-corrected chi connectivity index (χ3v) is 9.41. The normalized spacial score (nSPS) is 15.3. The number of carbonyl (C=O) groups excluding carboxylic acids is 2. The third kappa shape index (κ3) is 5.98. The lowest BCUT2D eigenvalue weighted by Crippen LogP contribution is -2.41. The summed E-state index contributed by atoms with van der Waals surface area (Å²) in [5.41, 5.74) is 2.21. The van der Waals surface area contributed by atoms with E-state index in [0.717, 1.165) is 17.9 Å². The molecule has 0 aliphatic carbocycles. The molecule has 0 spiro atoms. The zero-order chi connectivity index (χ0) is 26.8. The molecule has 0 saturated carbocycles. The van der Waals surface area contributed by atoms with Gasteiger partial charge in [0.25, 0.3) is 0 Å². The van der Waals surface area contributed by atoms with Crippen molar-refractivity contribution in [3.8, 4) is 0 Å². The molecule has 1 saturated heterocycles. The Kier molecular flexibility index (Phi) is 7.63. The van der Waals surface area contributed by atoms with Gasteiger partial charge in [0.05, 0.1) is 15.5 Å². The predicted molar refractivity (Wildman–Crippen MR) is 141 cm³/mol. The van der Waals surface area contributed by atoms with E-state index in [9.17, 15) is 26.4 Å². The molecule has 1 aliphatic rings. The van der Waals surface area contributed by atoms with E-state index in [2.05, 4.69) is 5.32 Å². The van der Waals surface area contributed by atoms with E-state index in [-0.39, 0.29) is 34.6 Å². The first kappa shape index (κ1) is 26.7. The van der Waals surface area contributed by atoms with Gasteiger partial charge in [0.2, 0.25) is 15.9 Å². The molecule has 0 aromatic heterocycles. The number of anilines is 1. The Labute approximate surface area is 217 Å². The second-order valence-electron chi connectivity index (χ2n) is 9.16. The van der Waals surface area contributed by atoms with Gasteiger partial charge in [-0.3, -0.25) is 9.59 Å². The number of ketones is 1. The maximum atomic E-state index is 13.1. The minimum atomic E-state index is -3.91. The predicted octanol–water partition coefficient (Wildman–Crippen LogP) is 3.67. The largest absolute Gasteiger partial charge is 0.325 e. The molecule has 8 nitrogen and oxygen atoms in total. The van der Waals surface area contributed by atoms with Gasteiger partial charge in [0.15, 0.2) is 15.6 Å². The summed E-state index contributed by atoms with van der Waals surface area (Å²) in [7, 11) is -7.47. The summed E-state index contributed by atoms with van der Waals surface area (Å²) in [6.45, 7) is 2.11. The Bertz CT molecular complexity index is 1540. The van der Waals surface area contributed by atoms with Gasteiger partial charge in [-0.15, -0.1) is 0 Å². The summed E-state index contributed by atoms with van der Waals surface area (Å²) in [4.78, 5) is 26.0. The van der Waals surface area contributed by atoms with Crippen LogP contribution in [-0.4, -0.2) is 52.2 Å². The molecule has 0 atom stereocenters. The van der Waals surface area contributed by atoms with Crippen molar-refractivity contribution in [3.05, 3.63) is 89.5 Å². The maximum Gasteiger partial charge on any atom is 0.243 e. The first-order valence-electron chi connectivity index (χ1n) is 11.8. The minimum absolute atomic E-state index is 0.0678. The van der Waals surface area contributed by atoms with E-state index >= 15 is 0 Å². The van der Waals surface area contributed by atoms with E-state index in [1.807, 2.05) is 19.1 Å². The molecule has 1 fully saturated rings. The zero-order valence-corrected chi connectivity index (χ0v) is 22.2. The molecule has 3 aromatic rings. The number of amides is 1. The van der Waals surface area contributed by atoms with Crippen LogP contribution in [0.25, 0.3) is 0 Å². The number of hydrogen-bond acceptors (Lipinski definition) is 6. The molecule has 0 bridgehead atoms. The number of sulfonamides is 1. The van der Waals surface area contributed by atoms with Gasteiger partial charge in [-0.05, 0) is 50.1 Å². The van der Waals surface area contributed by atoms with Crippen LogP contribution in [0.15, 0.2) is 82.6 Å². The number of nitrogens with zero attached hydrogens (tertiary/aromatic N) is 1. The van der Waals surface area contributed by atoms with Crippen LogP contribution >= 0.6 is 0 Å². The fourth-order valence-electron chi connectivity index (χ4n) is 4.31. The molecule has 1 N–H and O–H groups in total. The summed E-state index contributed by atoms with van der Waals surface area (Å²) in [5, 5.41) is 2.87. The number of aryl methyl sites for hydroxylation is 1. The van der Waals surface area contributed by atoms with Gasteiger partial charge in [-0.1, -0.05) is 48.0 Å². The van der Waals surface area contributed by atoms with Crippen molar-refractivity contribution in [2.75, 3.05) is 24.7 Å². The number of hydrogen-bond donors (Lipinski definition) is 1. The van der Waals surface area contributed by atoms with E-state index in [0.29, 0.717) is 29.7 Å². The van der Waals surface area contributed by atoms with E-state index in [1.165, 1.54) is 22.5 Å². The molecule has 1 aliphatic heterocycles. The zero-order valence-electron chi connectivity index (χ0n) is 20.5.